The van der Waals surface area contributed by atoms with E-state index < -0.39 is 12.1 Å². The van der Waals surface area contributed by atoms with Crippen molar-refractivity contribution in [3.63, 3.8) is 0 Å². The van der Waals surface area contributed by atoms with Gasteiger partial charge in [0, 0.05) is 24.0 Å². The zero-order valence-electron chi connectivity index (χ0n) is 16.1. The molecule has 2 aromatic rings. The highest BCUT2D eigenvalue weighted by molar-refractivity contribution is 7.19. The van der Waals surface area contributed by atoms with E-state index in [2.05, 4.69) is 27.1 Å². The molecule has 3 heterocycles. The summed E-state index contributed by atoms with van der Waals surface area (Å²) in [6, 6.07) is 0.561. The summed E-state index contributed by atoms with van der Waals surface area (Å²) in [6.07, 6.45) is 0.986. The Morgan fingerprint density at radius 3 is 2.69 bits per heavy atom. The van der Waals surface area contributed by atoms with Gasteiger partial charge in [0.05, 0.1) is 10.2 Å². The second kappa shape index (κ2) is 8.70. The van der Waals surface area contributed by atoms with Crippen LogP contribution in [0.3, 0.4) is 0 Å². The van der Waals surface area contributed by atoms with E-state index in [1.807, 2.05) is 11.3 Å². The van der Waals surface area contributed by atoms with Crippen LogP contribution in [0.5, 0.6) is 0 Å². The van der Waals surface area contributed by atoms with Crippen LogP contribution in [-0.4, -0.2) is 52.9 Å². The number of thiophene rings is 1. The molecule has 0 radical (unpaired) electrons. The van der Waals surface area contributed by atoms with Crippen molar-refractivity contribution in [2.75, 3.05) is 30.3 Å². The summed E-state index contributed by atoms with van der Waals surface area (Å²) < 4.78 is 33.0. The largest absolute Gasteiger partial charge is 0.490 e. The third-order valence-electron chi connectivity index (χ3n) is 5.02. The molecule has 0 amide bonds. The van der Waals surface area contributed by atoms with Crippen LogP contribution in [-0.2, 0) is 17.6 Å². The van der Waals surface area contributed by atoms with E-state index in [0.717, 1.165) is 37.4 Å². The zero-order valence-corrected chi connectivity index (χ0v) is 16.9. The van der Waals surface area contributed by atoms with Gasteiger partial charge in [0.2, 0.25) is 5.95 Å². The summed E-state index contributed by atoms with van der Waals surface area (Å²) in [6.45, 7) is 5.25. The Morgan fingerprint density at radius 1 is 1.34 bits per heavy atom. The molecule has 4 N–H and O–H groups in total. The highest BCUT2D eigenvalue weighted by atomic mass is 32.1. The van der Waals surface area contributed by atoms with Crippen molar-refractivity contribution >= 4 is 39.3 Å². The van der Waals surface area contributed by atoms with Crippen molar-refractivity contribution in [1.29, 1.82) is 0 Å². The Morgan fingerprint density at radius 2 is 2.03 bits per heavy atom. The normalized spacial score (nSPS) is 19.0. The first-order valence-corrected chi connectivity index (χ1v) is 10.4. The van der Waals surface area contributed by atoms with Crippen LogP contribution in [0.25, 0.3) is 10.2 Å². The SMILES string of the molecule is CCN[C@@H]1CCN(c2nc(N)nc3c4c(sc23)CCCC4)C1.O=C(O)C(F)(F)F. The summed E-state index contributed by atoms with van der Waals surface area (Å²) in [4.78, 5) is 22.0. The minimum Gasteiger partial charge on any atom is -0.475 e. The van der Waals surface area contributed by atoms with Gasteiger partial charge in [-0.2, -0.15) is 18.2 Å². The highest BCUT2D eigenvalue weighted by Crippen LogP contribution is 2.40. The van der Waals surface area contributed by atoms with Crippen LogP contribution in [0.15, 0.2) is 0 Å². The molecule has 1 saturated heterocycles. The summed E-state index contributed by atoms with van der Waals surface area (Å²) >= 11 is 1.89. The number of carboxylic acids is 1. The number of anilines is 2. The standard InChI is InChI=1S/C16H23N5S.C2HF3O2/c1-2-18-10-7-8-21(9-10)15-14-13(19-16(17)20-15)11-5-3-4-6-12(11)22-14;3-2(4,5)1(6)7/h10,18H,2-9H2,1H3,(H2,17,19,20);(H,6,7)/t10-;/m1./s1. The molecule has 2 aliphatic rings. The quantitative estimate of drug-likeness (QED) is 0.686. The number of halogens is 3. The van der Waals surface area contributed by atoms with Gasteiger partial charge in [0.1, 0.15) is 0 Å². The van der Waals surface area contributed by atoms with E-state index in [9.17, 15) is 13.2 Å². The number of aryl methyl sites for hydroxylation is 2. The number of hydrogen-bond donors (Lipinski definition) is 3. The summed E-state index contributed by atoms with van der Waals surface area (Å²) in [5.41, 5.74) is 8.57. The lowest BCUT2D eigenvalue weighted by atomic mass is 9.98. The number of nitrogen functional groups attached to an aromatic ring is 1. The third-order valence-corrected chi connectivity index (χ3v) is 6.29. The van der Waals surface area contributed by atoms with Crippen LogP contribution in [0, 0.1) is 0 Å². The molecule has 0 saturated carbocycles. The fourth-order valence-corrected chi connectivity index (χ4v) is 5.09. The number of rotatable bonds is 3. The number of fused-ring (bicyclic) bond motifs is 3. The molecule has 1 fully saturated rings. The molecule has 4 rings (SSSR count). The lowest BCUT2D eigenvalue weighted by molar-refractivity contribution is -0.192. The van der Waals surface area contributed by atoms with E-state index in [1.165, 1.54) is 40.8 Å². The molecule has 0 bridgehead atoms. The smallest absolute Gasteiger partial charge is 0.475 e. The molecule has 29 heavy (non-hydrogen) atoms. The van der Waals surface area contributed by atoms with E-state index in [1.54, 1.807) is 0 Å². The van der Waals surface area contributed by atoms with Gasteiger partial charge in [-0.25, -0.2) is 9.78 Å². The number of nitrogens with zero attached hydrogens (tertiary/aromatic N) is 3. The first-order valence-electron chi connectivity index (χ1n) is 9.57. The first-order chi connectivity index (χ1) is 13.7. The lowest BCUT2D eigenvalue weighted by Gasteiger charge is -2.18. The number of carboxylic acid groups (broad SMARTS) is 1. The molecule has 0 spiro atoms. The fraction of sp³-hybridized carbons (Fsp3) is 0.611. The van der Waals surface area contributed by atoms with Gasteiger partial charge in [0.15, 0.2) is 5.82 Å². The maximum atomic E-state index is 10.6. The van der Waals surface area contributed by atoms with Gasteiger partial charge in [-0.3, -0.25) is 0 Å². The number of aliphatic carboxylic acids is 1. The van der Waals surface area contributed by atoms with Gasteiger partial charge in [-0.1, -0.05) is 6.92 Å². The summed E-state index contributed by atoms with van der Waals surface area (Å²) in [5.74, 6) is -1.28. The number of nitrogens with one attached hydrogen (secondary N) is 1. The number of hydrogen-bond acceptors (Lipinski definition) is 7. The third kappa shape index (κ3) is 4.89. The Labute approximate surface area is 170 Å². The van der Waals surface area contributed by atoms with Crippen molar-refractivity contribution in [3.8, 4) is 0 Å². The zero-order chi connectivity index (χ0) is 21.2. The molecule has 11 heteroatoms. The van der Waals surface area contributed by atoms with Gasteiger partial charge >= 0.3 is 12.1 Å². The summed E-state index contributed by atoms with van der Waals surface area (Å²) in [7, 11) is 0. The number of aromatic nitrogens is 2. The van der Waals surface area contributed by atoms with Crippen LogP contribution in [0.2, 0.25) is 0 Å². The van der Waals surface area contributed by atoms with Crippen LogP contribution in [0.4, 0.5) is 24.9 Å². The van der Waals surface area contributed by atoms with Crippen molar-refractivity contribution in [3.05, 3.63) is 10.4 Å². The van der Waals surface area contributed by atoms with Crippen LogP contribution in [0.1, 0.15) is 36.6 Å². The topological polar surface area (TPSA) is 104 Å². The second-order valence-electron chi connectivity index (χ2n) is 7.09. The number of carbonyl (C=O) groups is 1. The maximum Gasteiger partial charge on any atom is 0.490 e. The van der Waals surface area contributed by atoms with Crippen LogP contribution >= 0.6 is 11.3 Å². The Hall–Kier alpha value is -2.14. The predicted octanol–water partition coefficient (Wildman–Crippen LogP) is 2.97. The summed E-state index contributed by atoms with van der Waals surface area (Å²) in [5, 5.41) is 10.7. The molecule has 160 valence electrons. The molecule has 1 aliphatic heterocycles. The maximum absolute atomic E-state index is 10.6. The van der Waals surface area contributed by atoms with Crippen molar-refractivity contribution in [2.24, 2.45) is 0 Å². The molecule has 7 nitrogen and oxygen atoms in total. The number of likely N-dealkylation sites (N-methyl/N-ethyl adjacent to an activating group) is 1. The van der Waals surface area contributed by atoms with Crippen molar-refractivity contribution in [2.45, 2.75) is 51.2 Å². The molecular formula is C18H24F3N5O2S. The first kappa shape index (κ1) is 21.6. The molecule has 1 aliphatic carbocycles. The second-order valence-corrected chi connectivity index (χ2v) is 8.19. The molecular weight excluding hydrogens is 407 g/mol. The van der Waals surface area contributed by atoms with E-state index in [-0.39, 0.29) is 0 Å². The minimum atomic E-state index is -5.08. The monoisotopic (exact) mass is 431 g/mol. The Kier molecular flexibility index (Phi) is 6.47. The van der Waals surface area contributed by atoms with Crippen LogP contribution < -0.4 is 16.0 Å². The Bertz CT molecular complexity index is 886. The fourth-order valence-electron chi connectivity index (χ4n) is 3.74. The molecule has 2 aromatic heterocycles. The lowest BCUT2D eigenvalue weighted by Crippen LogP contribution is -2.32. The van der Waals surface area contributed by atoms with E-state index >= 15 is 0 Å². The molecule has 0 unspecified atom stereocenters. The van der Waals surface area contributed by atoms with Crippen molar-refractivity contribution in [1.82, 2.24) is 15.3 Å². The predicted molar refractivity (Wildman–Crippen MR) is 106 cm³/mol. The van der Waals surface area contributed by atoms with Gasteiger partial charge in [-0.15, -0.1) is 11.3 Å². The average molecular weight is 431 g/mol. The highest BCUT2D eigenvalue weighted by Gasteiger charge is 2.38. The van der Waals surface area contributed by atoms with Gasteiger partial charge < -0.3 is 21.1 Å². The van der Waals surface area contributed by atoms with E-state index in [0.29, 0.717) is 12.0 Å². The average Bonchev–Trinajstić information content (AvgIpc) is 3.26. The van der Waals surface area contributed by atoms with Gasteiger partial charge in [0.25, 0.3) is 0 Å². The van der Waals surface area contributed by atoms with Crippen molar-refractivity contribution < 1.29 is 23.1 Å². The number of alkyl halides is 3. The van der Waals surface area contributed by atoms with Gasteiger partial charge in [-0.05, 0) is 44.2 Å². The number of nitrogens with two attached hydrogens (primary N) is 1. The van der Waals surface area contributed by atoms with E-state index in [4.69, 9.17) is 15.6 Å². The molecule has 1 atom stereocenters. The minimum absolute atomic E-state index is 0.417. The molecule has 0 aromatic carbocycles. The Balaban J connectivity index is 0.000000298.